The molecular formula is C9H10ClNO3. The van der Waals surface area contributed by atoms with Crippen molar-refractivity contribution in [2.24, 2.45) is 0 Å². The number of aromatic nitrogens is 1. The van der Waals surface area contributed by atoms with Crippen molar-refractivity contribution < 1.29 is 14.9 Å². The van der Waals surface area contributed by atoms with Gasteiger partial charge in [0.1, 0.15) is 16.5 Å². The van der Waals surface area contributed by atoms with E-state index in [2.05, 4.69) is 4.98 Å². The Balaban J connectivity index is 2.50. The Bertz CT molecular complexity index is 358. The monoisotopic (exact) mass is 215 g/mol. The molecule has 4 nitrogen and oxygen atoms in total. The van der Waals surface area contributed by atoms with Crippen molar-refractivity contribution in [3.05, 3.63) is 23.0 Å². The van der Waals surface area contributed by atoms with Gasteiger partial charge in [0.15, 0.2) is 0 Å². The molecule has 1 aromatic rings. The van der Waals surface area contributed by atoms with Crippen LogP contribution in [0.4, 0.5) is 0 Å². The predicted molar refractivity (Wildman–Crippen MR) is 50.3 cm³/mol. The number of nitrogens with zero attached hydrogens (tertiary/aromatic N) is 1. The zero-order valence-corrected chi connectivity index (χ0v) is 8.16. The van der Waals surface area contributed by atoms with Gasteiger partial charge in [0.05, 0.1) is 13.2 Å². The van der Waals surface area contributed by atoms with Crippen molar-refractivity contribution in [3.63, 3.8) is 0 Å². The van der Waals surface area contributed by atoms with Gasteiger partial charge in [-0.15, -0.1) is 0 Å². The summed E-state index contributed by atoms with van der Waals surface area (Å²) in [5.74, 6) is 0.493. The lowest BCUT2D eigenvalue weighted by Gasteiger charge is -2.32. The van der Waals surface area contributed by atoms with Crippen molar-refractivity contribution in [2.75, 3.05) is 13.2 Å². The second kappa shape index (κ2) is 3.38. The highest BCUT2D eigenvalue weighted by molar-refractivity contribution is 6.29. The molecule has 2 N–H and O–H groups in total. The van der Waals surface area contributed by atoms with Crippen molar-refractivity contribution in [3.8, 4) is 5.75 Å². The van der Waals surface area contributed by atoms with Crippen molar-refractivity contribution in [1.29, 1.82) is 0 Å². The van der Waals surface area contributed by atoms with Gasteiger partial charge in [0.25, 0.3) is 0 Å². The van der Waals surface area contributed by atoms with Gasteiger partial charge in [-0.2, -0.15) is 0 Å². The van der Waals surface area contributed by atoms with Crippen LogP contribution < -0.4 is 4.74 Å². The molecule has 0 radical (unpaired) electrons. The van der Waals surface area contributed by atoms with E-state index < -0.39 is 5.60 Å². The molecule has 1 aliphatic heterocycles. The van der Waals surface area contributed by atoms with Crippen LogP contribution in [0.2, 0.25) is 5.15 Å². The van der Waals surface area contributed by atoms with E-state index in [0.29, 0.717) is 29.5 Å². The van der Waals surface area contributed by atoms with Crippen LogP contribution >= 0.6 is 11.6 Å². The maximum absolute atomic E-state index is 10.0. The molecule has 0 amide bonds. The average Bonchev–Trinajstić information content (AvgIpc) is 2.18. The van der Waals surface area contributed by atoms with Crippen molar-refractivity contribution in [2.45, 2.75) is 12.0 Å². The SMILES string of the molecule is OCC1(O)CCOc2cc(Cl)ncc21. The van der Waals surface area contributed by atoms with Crippen LogP contribution in [0.3, 0.4) is 0 Å². The van der Waals surface area contributed by atoms with Gasteiger partial charge in [-0.05, 0) is 0 Å². The molecule has 1 atom stereocenters. The molecule has 2 heterocycles. The molecule has 0 bridgehead atoms. The van der Waals surface area contributed by atoms with Gasteiger partial charge in [-0.3, -0.25) is 0 Å². The second-order valence-electron chi connectivity index (χ2n) is 3.29. The van der Waals surface area contributed by atoms with E-state index in [-0.39, 0.29) is 6.61 Å². The fraction of sp³-hybridized carbons (Fsp3) is 0.444. The van der Waals surface area contributed by atoms with Gasteiger partial charge in [-0.25, -0.2) is 4.98 Å². The molecule has 5 heteroatoms. The third-order valence-corrected chi connectivity index (χ3v) is 2.58. The van der Waals surface area contributed by atoms with E-state index in [1.165, 1.54) is 12.3 Å². The molecule has 0 aromatic carbocycles. The highest BCUT2D eigenvalue weighted by Gasteiger charge is 2.35. The van der Waals surface area contributed by atoms with E-state index in [4.69, 9.17) is 21.4 Å². The third kappa shape index (κ3) is 1.45. The van der Waals surface area contributed by atoms with E-state index in [1.807, 2.05) is 0 Å². The summed E-state index contributed by atoms with van der Waals surface area (Å²) in [6.45, 7) is 0.0249. The quantitative estimate of drug-likeness (QED) is 0.677. The maximum atomic E-state index is 10.0. The number of hydrogen-bond acceptors (Lipinski definition) is 4. The molecule has 0 fully saturated rings. The molecule has 1 unspecified atom stereocenters. The summed E-state index contributed by atoms with van der Waals surface area (Å²) in [7, 11) is 0. The Morgan fingerprint density at radius 3 is 3.14 bits per heavy atom. The first-order chi connectivity index (χ1) is 6.65. The number of aliphatic hydroxyl groups excluding tert-OH is 1. The molecule has 1 aliphatic rings. The lowest BCUT2D eigenvalue weighted by atomic mass is 9.90. The van der Waals surface area contributed by atoms with Crippen LogP contribution in [-0.4, -0.2) is 28.4 Å². The van der Waals surface area contributed by atoms with E-state index in [1.54, 1.807) is 0 Å². The lowest BCUT2D eigenvalue weighted by Crippen LogP contribution is -2.36. The highest BCUT2D eigenvalue weighted by Crippen LogP contribution is 2.36. The van der Waals surface area contributed by atoms with Gasteiger partial charge in [-0.1, -0.05) is 11.6 Å². The minimum Gasteiger partial charge on any atom is -0.493 e. The van der Waals surface area contributed by atoms with Crippen LogP contribution in [0.25, 0.3) is 0 Å². The number of rotatable bonds is 1. The molecule has 0 spiro atoms. The lowest BCUT2D eigenvalue weighted by molar-refractivity contribution is -0.0478. The Labute approximate surface area is 86.1 Å². The second-order valence-corrected chi connectivity index (χ2v) is 3.68. The van der Waals surface area contributed by atoms with Crippen LogP contribution in [0.1, 0.15) is 12.0 Å². The van der Waals surface area contributed by atoms with E-state index in [0.717, 1.165) is 0 Å². The molecular weight excluding hydrogens is 206 g/mol. The molecule has 0 saturated heterocycles. The van der Waals surface area contributed by atoms with E-state index >= 15 is 0 Å². The van der Waals surface area contributed by atoms with Crippen LogP contribution in [0.5, 0.6) is 5.75 Å². The summed E-state index contributed by atoms with van der Waals surface area (Å²) in [5.41, 5.74) is -0.749. The van der Waals surface area contributed by atoms with Gasteiger partial charge >= 0.3 is 0 Å². The Hall–Kier alpha value is -0.840. The van der Waals surface area contributed by atoms with Crippen molar-refractivity contribution in [1.82, 2.24) is 4.98 Å². The van der Waals surface area contributed by atoms with E-state index in [9.17, 15) is 5.11 Å². The van der Waals surface area contributed by atoms with Gasteiger partial charge in [0.2, 0.25) is 0 Å². The fourth-order valence-electron chi connectivity index (χ4n) is 1.51. The molecule has 0 aliphatic carbocycles. The Kier molecular flexibility index (Phi) is 2.34. The first-order valence-electron chi connectivity index (χ1n) is 4.28. The first-order valence-corrected chi connectivity index (χ1v) is 4.65. The maximum Gasteiger partial charge on any atom is 0.132 e. The number of halogens is 1. The number of pyridine rings is 1. The molecule has 14 heavy (non-hydrogen) atoms. The molecule has 1 aromatic heterocycles. The smallest absolute Gasteiger partial charge is 0.132 e. The summed E-state index contributed by atoms with van der Waals surface area (Å²) in [5, 5.41) is 19.4. The topological polar surface area (TPSA) is 62.6 Å². The standard InChI is InChI=1S/C9H10ClNO3/c10-8-3-7-6(4-11-8)9(13,5-12)1-2-14-7/h3-4,12-13H,1-2,5H2. The Morgan fingerprint density at radius 1 is 1.64 bits per heavy atom. The predicted octanol–water partition coefficient (Wildman–Crippen LogP) is 0.697. The van der Waals surface area contributed by atoms with Crippen LogP contribution in [0, 0.1) is 0 Å². The largest absolute Gasteiger partial charge is 0.493 e. The Morgan fingerprint density at radius 2 is 2.43 bits per heavy atom. The summed E-state index contributed by atoms with van der Waals surface area (Å²) < 4.78 is 5.31. The number of fused-ring (bicyclic) bond motifs is 1. The summed E-state index contributed by atoms with van der Waals surface area (Å²) in [6, 6.07) is 1.54. The summed E-state index contributed by atoms with van der Waals surface area (Å²) >= 11 is 5.68. The number of aliphatic hydroxyl groups is 2. The molecule has 2 rings (SSSR count). The average molecular weight is 216 g/mol. The van der Waals surface area contributed by atoms with Gasteiger partial charge in [0, 0.05) is 24.2 Å². The number of ether oxygens (including phenoxy) is 1. The van der Waals surface area contributed by atoms with Crippen LogP contribution in [-0.2, 0) is 5.60 Å². The van der Waals surface area contributed by atoms with Crippen molar-refractivity contribution >= 4 is 11.6 Å². The minimum atomic E-state index is -1.24. The fourth-order valence-corrected chi connectivity index (χ4v) is 1.66. The summed E-state index contributed by atoms with van der Waals surface area (Å²) in [4.78, 5) is 3.85. The van der Waals surface area contributed by atoms with Crippen LogP contribution in [0.15, 0.2) is 12.3 Å². The summed E-state index contributed by atoms with van der Waals surface area (Å²) in [6.07, 6.45) is 1.80. The van der Waals surface area contributed by atoms with Gasteiger partial charge < -0.3 is 14.9 Å². The zero-order valence-electron chi connectivity index (χ0n) is 7.40. The minimum absolute atomic E-state index is 0.311. The number of hydrogen-bond donors (Lipinski definition) is 2. The normalized spacial score (nSPS) is 25.4. The zero-order chi connectivity index (χ0) is 10.2. The molecule has 76 valence electrons. The first kappa shape index (κ1) is 9.71. The highest BCUT2D eigenvalue weighted by atomic mass is 35.5. The third-order valence-electron chi connectivity index (χ3n) is 2.37. The molecule has 0 saturated carbocycles.